The van der Waals surface area contributed by atoms with Gasteiger partial charge in [-0.2, -0.15) is 0 Å². The number of hydrogen-bond acceptors (Lipinski definition) is 3. The van der Waals surface area contributed by atoms with Crippen molar-refractivity contribution in [2.45, 2.75) is 50.6 Å². The van der Waals surface area contributed by atoms with E-state index in [4.69, 9.17) is 0 Å². The van der Waals surface area contributed by atoms with E-state index in [2.05, 4.69) is 71.7 Å². The molecule has 0 bridgehead atoms. The maximum atomic E-state index is 12.7. The highest BCUT2D eigenvalue weighted by Gasteiger charge is 2.25. The molecule has 3 atom stereocenters. The summed E-state index contributed by atoms with van der Waals surface area (Å²) in [6.45, 7) is 3.89. The zero-order chi connectivity index (χ0) is 24.1. The molecule has 4 heteroatoms. The summed E-state index contributed by atoms with van der Waals surface area (Å²) in [5.74, 6) is 0.641. The Kier molecular flexibility index (Phi) is 8.02. The molecule has 4 rings (SSSR count). The highest BCUT2D eigenvalue weighted by atomic mass is 16.2. The van der Waals surface area contributed by atoms with Crippen molar-refractivity contribution < 1.29 is 4.79 Å². The molecule has 4 nitrogen and oxygen atoms in total. The van der Waals surface area contributed by atoms with Crippen molar-refractivity contribution in [3.63, 3.8) is 0 Å². The van der Waals surface area contributed by atoms with E-state index in [1.165, 1.54) is 41.2 Å². The van der Waals surface area contributed by atoms with Gasteiger partial charge in [0, 0.05) is 37.8 Å². The van der Waals surface area contributed by atoms with Gasteiger partial charge in [0.25, 0.3) is 5.91 Å². The van der Waals surface area contributed by atoms with Gasteiger partial charge in [-0.15, -0.1) is 0 Å². The first kappa shape index (κ1) is 24.4. The van der Waals surface area contributed by atoms with Crippen molar-refractivity contribution >= 4 is 16.7 Å². The summed E-state index contributed by atoms with van der Waals surface area (Å²) in [5, 5.41) is 6.57. The van der Waals surface area contributed by atoms with Crippen molar-refractivity contribution in [2.24, 2.45) is 0 Å². The first-order valence-corrected chi connectivity index (χ1v) is 12.7. The molecular formula is C30H39N3O. The van der Waals surface area contributed by atoms with E-state index in [1.807, 2.05) is 38.2 Å². The molecule has 1 amide bonds. The fraction of sp³-hybridized carbons (Fsp3) is 0.433. The van der Waals surface area contributed by atoms with Crippen molar-refractivity contribution in [3.05, 3.63) is 83.4 Å². The number of likely N-dealkylation sites (N-methyl/N-ethyl adjacent to an activating group) is 2. The van der Waals surface area contributed by atoms with E-state index in [9.17, 15) is 4.79 Å². The molecule has 0 aromatic heterocycles. The average molecular weight is 458 g/mol. The molecule has 1 saturated carbocycles. The van der Waals surface area contributed by atoms with Crippen LogP contribution >= 0.6 is 0 Å². The van der Waals surface area contributed by atoms with Gasteiger partial charge in [0.2, 0.25) is 0 Å². The summed E-state index contributed by atoms with van der Waals surface area (Å²) >= 11 is 0. The van der Waals surface area contributed by atoms with Gasteiger partial charge < -0.3 is 15.1 Å². The van der Waals surface area contributed by atoms with E-state index in [-0.39, 0.29) is 5.91 Å². The van der Waals surface area contributed by atoms with E-state index >= 15 is 0 Å². The lowest BCUT2D eigenvalue weighted by Crippen LogP contribution is -2.35. The van der Waals surface area contributed by atoms with Gasteiger partial charge in [-0.05, 0) is 80.2 Å². The highest BCUT2D eigenvalue weighted by Crippen LogP contribution is 2.34. The van der Waals surface area contributed by atoms with Crippen LogP contribution in [0.2, 0.25) is 0 Å². The Morgan fingerprint density at radius 1 is 0.941 bits per heavy atom. The monoisotopic (exact) mass is 457 g/mol. The quantitative estimate of drug-likeness (QED) is 0.461. The molecule has 3 aromatic rings. The molecule has 0 radical (unpaired) electrons. The van der Waals surface area contributed by atoms with Crippen LogP contribution in [-0.2, 0) is 0 Å². The van der Waals surface area contributed by atoms with Crippen LogP contribution < -0.4 is 5.32 Å². The van der Waals surface area contributed by atoms with Crippen LogP contribution in [0.15, 0.2) is 66.7 Å². The molecule has 1 aliphatic rings. The minimum absolute atomic E-state index is 0.0977. The van der Waals surface area contributed by atoms with Crippen LogP contribution in [0.1, 0.15) is 66.1 Å². The number of hydrogen-bond donors (Lipinski definition) is 1. The van der Waals surface area contributed by atoms with E-state index in [0.717, 1.165) is 25.1 Å². The summed E-state index contributed by atoms with van der Waals surface area (Å²) < 4.78 is 0. The summed E-state index contributed by atoms with van der Waals surface area (Å²) in [5.41, 5.74) is 3.51. The first-order valence-electron chi connectivity index (χ1n) is 12.7. The molecule has 34 heavy (non-hydrogen) atoms. The molecule has 0 spiro atoms. The Balaban J connectivity index is 1.38. The molecule has 2 unspecified atom stereocenters. The second-order valence-electron chi connectivity index (χ2n) is 10.2. The summed E-state index contributed by atoms with van der Waals surface area (Å²) in [7, 11) is 5.94. The highest BCUT2D eigenvalue weighted by molar-refractivity contribution is 5.94. The second kappa shape index (κ2) is 11.2. The molecule has 1 N–H and O–H groups in total. The lowest BCUT2D eigenvalue weighted by Gasteiger charge is -2.32. The summed E-state index contributed by atoms with van der Waals surface area (Å²) in [4.78, 5) is 16.7. The topological polar surface area (TPSA) is 35.6 Å². The third-order valence-electron chi connectivity index (χ3n) is 7.31. The third kappa shape index (κ3) is 5.86. The third-order valence-corrected chi connectivity index (χ3v) is 7.31. The summed E-state index contributed by atoms with van der Waals surface area (Å²) in [6, 6.07) is 24.5. The summed E-state index contributed by atoms with van der Waals surface area (Å²) in [6.07, 6.45) is 4.82. The lowest BCUT2D eigenvalue weighted by molar-refractivity contribution is 0.0786. The van der Waals surface area contributed by atoms with Crippen LogP contribution in [0.25, 0.3) is 10.8 Å². The van der Waals surface area contributed by atoms with Gasteiger partial charge in [0.15, 0.2) is 0 Å². The van der Waals surface area contributed by atoms with Gasteiger partial charge >= 0.3 is 0 Å². The lowest BCUT2D eigenvalue weighted by atomic mass is 9.80. The van der Waals surface area contributed by atoms with Gasteiger partial charge in [0.1, 0.15) is 0 Å². The van der Waals surface area contributed by atoms with Crippen molar-refractivity contribution in [2.75, 3.05) is 34.2 Å². The number of amides is 1. The Labute approximate surface area is 205 Å². The number of rotatable bonds is 8. The minimum Gasteiger partial charge on any atom is -0.340 e. The number of carbonyl (C=O) groups excluding carboxylic acids is 1. The standard InChI is InChI=1S/C30H39N3O/c1-22(28-14-8-10-24-9-5-6-13-29(24)28)31-27-12-7-11-26(21-27)23-15-17-25(18-16-23)30(34)33(4)20-19-32(2)3/h5-6,8-10,13-18,22,26-27,31H,7,11-12,19-21H2,1-4H3/t22-,26?,27?/m1/s1. The molecule has 1 fully saturated rings. The minimum atomic E-state index is 0.0977. The number of carbonyl (C=O) groups is 1. The van der Waals surface area contributed by atoms with Crippen LogP contribution in [0, 0.1) is 0 Å². The number of nitrogens with one attached hydrogen (secondary N) is 1. The van der Waals surface area contributed by atoms with Gasteiger partial charge in [-0.1, -0.05) is 61.0 Å². The molecule has 3 aromatic carbocycles. The van der Waals surface area contributed by atoms with E-state index in [0.29, 0.717) is 18.0 Å². The zero-order valence-corrected chi connectivity index (χ0v) is 21.1. The van der Waals surface area contributed by atoms with Crippen molar-refractivity contribution in [3.8, 4) is 0 Å². The number of benzene rings is 3. The van der Waals surface area contributed by atoms with E-state index < -0.39 is 0 Å². The fourth-order valence-corrected chi connectivity index (χ4v) is 5.29. The normalized spacial score (nSPS) is 19.3. The first-order chi connectivity index (χ1) is 16.4. The van der Waals surface area contributed by atoms with Gasteiger partial charge in [-0.3, -0.25) is 4.79 Å². The van der Waals surface area contributed by atoms with Gasteiger partial charge in [-0.25, -0.2) is 0 Å². The fourth-order valence-electron chi connectivity index (χ4n) is 5.29. The Hall–Kier alpha value is -2.69. The van der Waals surface area contributed by atoms with E-state index in [1.54, 1.807) is 0 Å². The smallest absolute Gasteiger partial charge is 0.253 e. The van der Waals surface area contributed by atoms with Crippen molar-refractivity contribution in [1.29, 1.82) is 0 Å². The van der Waals surface area contributed by atoms with Crippen LogP contribution in [-0.4, -0.2) is 56.0 Å². The Morgan fingerprint density at radius 2 is 1.68 bits per heavy atom. The van der Waals surface area contributed by atoms with Crippen LogP contribution in [0.3, 0.4) is 0 Å². The maximum Gasteiger partial charge on any atom is 0.253 e. The molecule has 0 aliphatic heterocycles. The maximum absolute atomic E-state index is 12.7. The zero-order valence-electron chi connectivity index (χ0n) is 21.1. The van der Waals surface area contributed by atoms with Gasteiger partial charge in [0.05, 0.1) is 0 Å². The molecule has 1 aliphatic carbocycles. The average Bonchev–Trinajstić information content (AvgIpc) is 2.86. The Bertz CT molecular complexity index is 1090. The Morgan fingerprint density at radius 3 is 2.44 bits per heavy atom. The molecule has 0 heterocycles. The molecular weight excluding hydrogens is 418 g/mol. The second-order valence-corrected chi connectivity index (χ2v) is 10.2. The number of nitrogens with zero attached hydrogens (tertiary/aromatic N) is 2. The number of fused-ring (bicyclic) bond motifs is 1. The van der Waals surface area contributed by atoms with Crippen LogP contribution in [0.5, 0.6) is 0 Å². The SMILES string of the molecule is C[C@@H](NC1CCCC(c2ccc(C(=O)N(C)CCN(C)C)cc2)C1)c1cccc2ccccc12. The molecule has 0 saturated heterocycles. The molecule has 180 valence electrons. The predicted molar refractivity (Wildman–Crippen MR) is 142 cm³/mol. The van der Waals surface area contributed by atoms with Crippen molar-refractivity contribution in [1.82, 2.24) is 15.1 Å². The predicted octanol–water partition coefficient (Wildman–Crippen LogP) is 5.85. The van der Waals surface area contributed by atoms with Crippen LogP contribution in [0.4, 0.5) is 0 Å². The largest absolute Gasteiger partial charge is 0.340 e.